The van der Waals surface area contributed by atoms with Gasteiger partial charge in [-0.05, 0) is 29.8 Å². The molecule has 0 bridgehead atoms. The average molecular weight is 294 g/mol. The molecule has 0 aliphatic heterocycles. The standard InChI is InChI=1S/C11H13ClFNO3S/c1-3-14(4-2)18(16,17)8-5-6-10(13)9(7-8)11(12)15/h5-7H,3-4H2,1-2H3. The van der Waals surface area contributed by atoms with Crippen LogP contribution in [0.2, 0.25) is 0 Å². The molecule has 1 aromatic carbocycles. The highest BCUT2D eigenvalue weighted by molar-refractivity contribution is 7.89. The van der Waals surface area contributed by atoms with Gasteiger partial charge in [-0.1, -0.05) is 13.8 Å². The first-order valence-electron chi connectivity index (χ1n) is 5.34. The van der Waals surface area contributed by atoms with Crippen molar-refractivity contribution in [2.45, 2.75) is 18.7 Å². The summed E-state index contributed by atoms with van der Waals surface area (Å²) in [6.07, 6.45) is 0. The van der Waals surface area contributed by atoms with Gasteiger partial charge in [0.25, 0.3) is 5.24 Å². The summed E-state index contributed by atoms with van der Waals surface area (Å²) in [7, 11) is -3.72. The molecule has 0 heterocycles. The van der Waals surface area contributed by atoms with E-state index in [1.807, 2.05) is 0 Å². The van der Waals surface area contributed by atoms with E-state index in [2.05, 4.69) is 0 Å². The second-order valence-corrected chi connectivity index (χ2v) is 5.79. The Balaban J connectivity index is 3.34. The molecule has 0 spiro atoms. The molecule has 0 aromatic heterocycles. The highest BCUT2D eigenvalue weighted by Crippen LogP contribution is 2.20. The van der Waals surface area contributed by atoms with Crippen LogP contribution in [0.5, 0.6) is 0 Å². The lowest BCUT2D eigenvalue weighted by atomic mass is 10.2. The molecule has 0 atom stereocenters. The van der Waals surface area contributed by atoms with Gasteiger partial charge < -0.3 is 0 Å². The third-order valence-electron chi connectivity index (χ3n) is 2.49. The van der Waals surface area contributed by atoms with Crippen molar-refractivity contribution in [3.8, 4) is 0 Å². The van der Waals surface area contributed by atoms with Crippen LogP contribution in [0.3, 0.4) is 0 Å². The van der Waals surface area contributed by atoms with Crippen LogP contribution in [0.15, 0.2) is 23.1 Å². The van der Waals surface area contributed by atoms with Crippen molar-refractivity contribution in [2.75, 3.05) is 13.1 Å². The summed E-state index contributed by atoms with van der Waals surface area (Å²) >= 11 is 5.19. The van der Waals surface area contributed by atoms with Crippen molar-refractivity contribution in [3.63, 3.8) is 0 Å². The summed E-state index contributed by atoms with van der Waals surface area (Å²) in [4.78, 5) is 10.8. The number of carbonyl (C=O) groups excluding carboxylic acids is 1. The Kier molecular flexibility index (Phi) is 4.84. The molecule has 18 heavy (non-hydrogen) atoms. The van der Waals surface area contributed by atoms with Crippen LogP contribution in [-0.4, -0.2) is 31.1 Å². The van der Waals surface area contributed by atoms with Crippen molar-refractivity contribution in [1.29, 1.82) is 0 Å². The van der Waals surface area contributed by atoms with E-state index < -0.39 is 26.6 Å². The summed E-state index contributed by atoms with van der Waals surface area (Å²) in [5.41, 5.74) is -0.440. The number of hydrogen-bond donors (Lipinski definition) is 0. The van der Waals surface area contributed by atoms with Crippen LogP contribution in [-0.2, 0) is 10.0 Å². The molecular formula is C11H13ClFNO3S. The largest absolute Gasteiger partial charge is 0.275 e. The van der Waals surface area contributed by atoms with Gasteiger partial charge in [0.15, 0.2) is 0 Å². The molecule has 4 nitrogen and oxygen atoms in total. The lowest BCUT2D eigenvalue weighted by molar-refractivity contribution is 0.107. The van der Waals surface area contributed by atoms with Gasteiger partial charge in [-0.25, -0.2) is 12.8 Å². The summed E-state index contributed by atoms with van der Waals surface area (Å²) < 4.78 is 38.7. The van der Waals surface area contributed by atoms with E-state index in [9.17, 15) is 17.6 Å². The van der Waals surface area contributed by atoms with Crippen LogP contribution in [0.1, 0.15) is 24.2 Å². The number of carbonyl (C=O) groups is 1. The van der Waals surface area contributed by atoms with E-state index in [-0.39, 0.29) is 4.90 Å². The first-order chi connectivity index (χ1) is 8.34. The number of nitrogens with zero attached hydrogens (tertiary/aromatic N) is 1. The molecule has 0 saturated heterocycles. The van der Waals surface area contributed by atoms with Crippen LogP contribution in [0.4, 0.5) is 4.39 Å². The number of rotatable bonds is 5. The van der Waals surface area contributed by atoms with Gasteiger partial charge in [-0.2, -0.15) is 4.31 Å². The van der Waals surface area contributed by atoms with Crippen LogP contribution in [0, 0.1) is 5.82 Å². The smallest absolute Gasteiger partial charge is 0.255 e. The Bertz CT molecular complexity index is 555. The number of sulfonamides is 1. The van der Waals surface area contributed by atoms with E-state index in [0.717, 1.165) is 18.2 Å². The monoisotopic (exact) mass is 293 g/mol. The van der Waals surface area contributed by atoms with Crippen molar-refractivity contribution in [3.05, 3.63) is 29.6 Å². The van der Waals surface area contributed by atoms with Crippen LogP contribution in [0.25, 0.3) is 0 Å². The number of hydrogen-bond acceptors (Lipinski definition) is 3. The Morgan fingerprint density at radius 3 is 2.33 bits per heavy atom. The zero-order valence-electron chi connectivity index (χ0n) is 9.98. The molecule has 0 saturated carbocycles. The summed E-state index contributed by atoms with van der Waals surface area (Å²) in [6, 6.07) is 3.00. The summed E-state index contributed by atoms with van der Waals surface area (Å²) in [5.74, 6) is -0.839. The third kappa shape index (κ3) is 2.88. The van der Waals surface area contributed by atoms with Crippen LogP contribution >= 0.6 is 11.6 Å². The molecule has 0 unspecified atom stereocenters. The molecule has 1 aromatic rings. The van der Waals surface area contributed by atoms with Gasteiger partial charge in [0.2, 0.25) is 10.0 Å². The topological polar surface area (TPSA) is 54.5 Å². The Labute approximate surface area is 110 Å². The fourth-order valence-corrected chi connectivity index (χ4v) is 3.16. The maximum atomic E-state index is 13.3. The highest BCUT2D eigenvalue weighted by Gasteiger charge is 2.23. The second-order valence-electron chi connectivity index (χ2n) is 3.50. The van der Waals surface area contributed by atoms with Gasteiger partial charge in [-0.15, -0.1) is 0 Å². The maximum Gasteiger partial charge on any atom is 0.255 e. The summed E-state index contributed by atoms with van der Waals surface area (Å²) in [6.45, 7) is 3.97. The lowest BCUT2D eigenvalue weighted by Gasteiger charge is -2.18. The minimum Gasteiger partial charge on any atom is -0.275 e. The SMILES string of the molecule is CCN(CC)S(=O)(=O)c1ccc(F)c(C(=O)Cl)c1. The van der Waals surface area contributed by atoms with Crippen molar-refractivity contribution >= 4 is 26.9 Å². The minimum absolute atomic E-state index is 0.142. The van der Waals surface area contributed by atoms with Crippen molar-refractivity contribution in [1.82, 2.24) is 4.31 Å². The Morgan fingerprint density at radius 2 is 1.89 bits per heavy atom. The molecule has 1 rings (SSSR count). The molecular weight excluding hydrogens is 281 g/mol. The highest BCUT2D eigenvalue weighted by atomic mass is 35.5. The fraction of sp³-hybridized carbons (Fsp3) is 0.364. The normalized spacial score (nSPS) is 11.8. The van der Waals surface area contributed by atoms with E-state index in [0.29, 0.717) is 13.1 Å². The first-order valence-corrected chi connectivity index (χ1v) is 7.15. The van der Waals surface area contributed by atoms with E-state index in [4.69, 9.17) is 11.6 Å². The van der Waals surface area contributed by atoms with Gasteiger partial charge in [-0.3, -0.25) is 4.79 Å². The predicted molar refractivity (Wildman–Crippen MR) is 66.7 cm³/mol. The lowest BCUT2D eigenvalue weighted by Crippen LogP contribution is -2.30. The van der Waals surface area contributed by atoms with Crippen LogP contribution < -0.4 is 0 Å². The minimum atomic E-state index is -3.72. The zero-order chi connectivity index (χ0) is 13.9. The molecule has 0 aliphatic carbocycles. The van der Waals surface area contributed by atoms with Gasteiger partial charge in [0, 0.05) is 13.1 Å². The maximum absolute atomic E-state index is 13.3. The first kappa shape index (κ1) is 15.1. The van der Waals surface area contributed by atoms with Crippen molar-refractivity contribution < 1.29 is 17.6 Å². The molecule has 7 heteroatoms. The molecule has 0 N–H and O–H groups in total. The predicted octanol–water partition coefficient (Wildman–Crippen LogP) is 2.24. The number of benzene rings is 1. The molecule has 100 valence electrons. The Hall–Kier alpha value is -0.980. The third-order valence-corrected chi connectivity index (χ3v) is 4.74. The molecule has 0 fully saturated rings. The van der Waals surface area contributed by atoms with Gasteiger partial charge >= 0.3 is 0 Å². The van der Waals surface area contributed by atoms with Gasteiger partial charge in [0.05, 0.1) is 10.5 Å². The molecule has 0 amide bonds. The molecule has 0 aliphatic rings. The van der Waals surface area contributed by atoms with Gasteiger partial charge in [0.1, 0.15) is 5.82 Å². The average Bonchev–Trinajstić information content (AvgIpc) is 2.30. The number of halogens is 2. The fourth-order valence-electron chi connectivity index (χ4n) is 1.53. The van der Waals surface area contributed by atoms with E-state index in [1.165, 1.54) is 4.31 Å². The Morgan fingerprint density at radius 1 is 1.33 bits per heavy atom. The van der Waals surface area contributed by atoms with E-state index in [1.54, 1.807) is 13.8 Å². The zero-order valence-corrected chi connectivity index (χ0v) is 11.6. The summed E-state index contributed by atoms with van der Waals surface area (Å²) in [5, 5.41) is -1.02. The van der Waals surface area contributed by atoms with E-state index >= 15 is 0 Å². The second kappa shape index (κ2) is 5.77. The molecule has 0 radical (unpaired) electrons. The quantitative estimate of drug-likeness (QED) is 0.782. The van der Waals surface area contributed by atoms with Crippen molar-refractivity contribution in [2.24, 2.45) is 0 Å².